The second-order valence-corrected chi connectivity index (χ2v) is 10.5. The second-order valence-electron chi connectivity index (χ2n) is 10.1. The number of piperidine rings is 1. The predicted molar refractivity (Wildman–Crippen MR) is 146 cm³/mol. The molecule has 0 saturated carbocycles. The summed E-state index contributed by atoms with van der Waals surface area (Å²) >= 11 is 6.01. The Bertz CT molecular complexity index is 1160. The maximum absolute atomic E-state index is 13.2. The lowest BCUT2D eigenvalue weighted by Crippen LogP contribution is -2.54. The van der Waals surface area contributed by atoms with Gasteiger partial charge in [-0.1, -0.05) is 44.0 Å². The summed E-state index contributed by atoms with van der Waals surface area (Å²) in [5, 5.41) is 4.01. The van der Waals surface area contributed by atoms with Gasteiger partial charge in [0.15, 0.2) is 0 Å². The van der Waals surface area contributed by atoms with Crippen molar-refractivity contribution in [3.63, 3.8) is 0 Å². The Morgan fingerprint density at radius 3 is 2.72 bits per heavy atom. The van der Waals surface area contributed by atoms with Crippen molar-refractivity contribution in [3.8, 4) is 5.75 Å². The summed E-state index contributed by atoms with van der Waals surface area (Å²) < 4.78 is 8.23. The summed E-state index contributed by atoms with van der Waals surface area (Å²) in [5.41, 5.74) is 3.19. The Morgan fingerprint density at radius 1 is 1.22 bits per heavy atom. The highest BCUT2D eigenvalue weighted by Gasteiger charge is 2.27. The van der Waals surface area contributed by atoms with E-state index >= 15 is 0 Å². The van der Waals surface area contributed by atoms with E-state index in [9.17, 15) is 4.79 Å². The lowest BCUT2D eigenvalue weighted by Gasteiger charge is -2.39. The van der Waals surface area contributed by atoms with Crippen molar-refractivity contribution in [2.24, 2.45) is 5.92 Å². The van der Waals surface area contributed by atoms with Crippen LogP contribution in [0.5, 0.6) is 5.75 Å². The van der Waals surface area contributed by atoms with Crippen molar-refractivity contribution >= 4 is 28.5 Å². The Labute approximate surface area is 220 Å². The fourth-order valence-electron chi connectivity index (χ4n) is 5.14. The number of carbonyl (C=O) groups is 1. The summed E-state index contributed by atoms with van der Waals surface area (Å²) in [7, 11) is 0. The summed E-state index contributed by atoms with van der Waals surface area (Å²) in [6.07, 6.45) is 5.44. The first-order valence-corrected chi connectivity index (χ1v) is 13.6. The summed E-state index contributed by atoms with van der Waals surface area (Å²) in [6, 6.07) is 14.1. The van der Waals surface area contributed by atoms with Gasteiger partial charge in [0, 0.05) is 30.1 Å². The number of aromatic nitrogens is 2. The number of rotatable bonds is 10. The fraction of sp³-hybridized carbons (Fsp3) is 0.517. The van der Waals surface area contributed by atoms with Crippen LogP contribution in [0.2, 0.25) is 5.02 Å². The van der Waals surface area contributed by atoms with Gasteiger partial charge in [-0.25, -0.2) is 4.98 Å². The molecule has 7 heteroatoms. The minimum atomic E-state index is -0.105. The largest absolute Gasteiger partial charge is 0.486 e. The second kappa shape index (κ2) is 12.1. The number of amides is 1. The maximum atomic E-state index is 13.2. The molecule has 1 aliphatic heterocycles. The molecule has 1 N–H and O–H groups in total. The van der Waals surface area contributed by atoms with Gasteiger partial charge in [-0.05, 0) is 75.4 Å². The van der Waals surface area contributed by atoms with Gasteiger partial charge in [-0.2, -0.15) is 0 Å². The first-order chi connectivity index (χ1) is 17.4. The van der Waals surface area contributed by atoms with Crippen LogP contribution in [0.3, 0.4) is 0 Å². The van der Waals surface area contributed by atoms with E-state index in [1.165, 1.54) is 19.3 Å². The summed E-state index contributed by atoms with van der Waals surface area (Å²) in [6.45, 7) is 10.6. The molecule has 1 aromatic heterocycles. The lowest BCUT2D eigenvalue weighted by molar-refractivity contribution is -0.127. The van der Waals surface area contributed by atoms with Crippen LogP contribution in [0.1, 0.15) is 64.3 Å². The third kappa shape index (κ3) is 6.22. The quantitative estimate of drug-likeness (QED) is 0.346. The molecule has 2 aromatic carbocycles. The summed E-state index contributed by atoms with van der Waals surface area (Å²) in [5.74, 6) is 1.63. The van der Waals surface area contributed by atoms with Gasteiger partial charge in [-0.15, -0.1) is 0 Å². The van der Waals surface area contributed by atoms with Crippen LogP contribution in [-0.4, -0.2) is 39.1 Å². The number of nitrogens with zero attached hydrogens (tertiary/aromatic N) is 3. The van der Waals surface area contributed by atoms with Crippen LogP contribution in [0, 0.1) is 12.8 Å². The van der Waals surface area contributed by atoms with E-state index in [1.807, 2.05) is 31.2 Å². The molecule has 3 unspecified atom stereocenters. The number of carbonyl (C=O) groups excluding carboxylic acids is 1. The molecule has 1 saturated heterocycles. The molecule has 1 amide bonds. The molecule has 0 bridgehead atoms. The highest BCUT2D eigenvalue weighted by atomic mass is 35.5. The molecule has 1 fully saturated rings. The Kier molecular flexibility index (Phi) is 8.91. The molecule has 2 heterocycles. The normalized spacial score (nSPS) is 18.2. The zero-order chi connectivity index (χ0) is 25.7. The van der Waals surface area contributed by atoms with E-state index in [0.717, 1.165) is 47.6 Å². The number of hydrogen-bond donors (Lipinski definition) is 1. The Hall–Kier alpha value is -2.57. The third-order valence-electron chi connectivity index (χ3n) is 7.42. The molecular formula is C29H39ClN4O2. The van der Waals surface area contributed by atoms with Gasteiger partial charge >= 0.3 is 0 Å². The number of ether oxygens (including phenoxy) is 1. The molecule has 1 aliphatic rings. The molecule has 3 aromatic rings. The molecular weight excluding hydrogens is 472 g/mol. The van der Waals surface area contributed by atoms with Gasteiger partial charge in [0.2, 0.25) is 5.91 Å². The van der Waals surface area contributed by atoms with Crippen molar-refractivity contribution in [1.29, 1.82) is 0 Å². The van der Waals surface area contributed by atoms with Crippen molar-refractivity contribution in [3.05, 3.63) is 58.9 Å². The summed E-state index contributed by atoms with van der Waals surface area (Å²) in [4.78, 5) is 20.5. The molecule has 0 aliphatic carbocycles. The van der Waals surface area contributed by atoms with E-state index in [-0.39, 0.29) is 18.0 Å². The van der Waals surface area contributed by atoms with Gasteiger partial charge in [0.1, 0.15) is 18.2 Å². The van der Waals surface area contributed by atoms with Crippen molar-refractivity contribution in [2.45, 2.75) is 85.2 Å². The van der Waals surface area contributed by atoms with E-state index in [4.69, 9.17) is 21.3 Å². The maximum Gasteiger partial charge on any atom is 0.224 e. The number of nitrogens with one attached hydrogen (secondary N) is 1. The first kappa shape index (κ1) is 26.5. The lowest BCUT2D eigenvalue weighted by atomic mass is 10.0. The number of fused-ring (bicyclic) bond motifs is 1. The van der Waals surface area contributed by atoms with Crippen molar-refractivity contribution in [1.82, 2.24) is 19.8 Å². The minimum Gasteiger partial charge on any atom is -0.486 e. The van der Waals surface area contributed by atoms with Gasteiger partial charge in [0.05, 0.1) is 17.2 Å². The van der Waals surface area contributed by atoms with Gasteiger partial charge in [0.25, 0.3) is 0 Å². The Morgan fingerprint density at radius 2 is 2.00 bits per heavy atom. The number of likely N-dealkylation sites (tertiary alicyclic amines) is 1. The zero-order valence-corrected chi connectivity index (χ0v) is 22.7. The zero-order valence-electron chi connectivity index (χ0n) is 22.0. The number of imidazole rings is 1. The van der Waals surface area contributed by atoms with Crippen LogP contribution in [0.4, 0.5) is 0 Å². The minimum absolute atomic E-state index is 0.105. The molecule has 4 rings (SSSR count). The van der Waals surface area contributed by atoms with E-state index in [1.54, 1.807) is 0 Å². The third-order valence-corrected chi connectivity index (χ3v) is 7.68. The van der Waals surface area contributed by atoms with E-state index in [2.05, 4.69) is 53.8 Å². The monoisotopic (exact) mass is 510 g/mol. The van der Waals surface area contributed by atoms with Crippen molar-refractivity contribution < 1.29 is 9.53 Å². The average molecular weight is 511 g/mol. The number of benzene rings is 2. The highest BCUT2D eigenvalue weighted by molar-refractivity contribution is 6.30. The standard InChI is InChI=1S/C29H39ClN4O2/c1-5-26(33-17-7-6-10-22(33)4)32-29(35)21(3)16-18-34-25-11-8-9-20(2)28(25)31-27(34)19-36-24-14-12-23(30)13-15-24/h8-9,11-15,21-22,26H,5-7,10,16-19H2,1-4H3,(H,32,35). The number of aryl methyl sites for hydroxylation is 2. The van der Waals surface area contributed by atoms with E-state index < -0.39 is 0 Å². The number of para-hydroxylation sites is 1. The van der Waals surface area contributed by atoms with Crippen LogP contribution in [-0.2, 0) is 17.9 Å². The molecule has 0 radical (unpaired) electrons. The van der Waals surface area contributed by atoms with Gasteiger partial charge in [-0.3, -0.25) is 9.69 Å². The smallest absolute Gasteiger partial charge is 0.224 e. The average Bonchev–Trinajstić information content (AvgIpc) is 3.24. The molecule has 194 valence electrons. The fourth-order valence-corrected chi connectivity index (χ4v) is 5.26. The molecule has 6 nitrogen and oxygen atoms in total. The van der Waals surface area contributed by atoms with Crippen LogP contribution in [0.15, 0.2) is 42.5 Å². The first-order valence-electron chi connectivity index (χ1n) is 13.3. The highest BCUT2D eigenvalue weighted by Crippen LogP contribution is 2.24. The molecule has 0 spiro atoms. The predicted octanol–water partition coefficient (Wildman–Crippen LogP) is 6.33. The molecule has 3 atom stereocenters. The van der Waals surface area contributed by atoms with Crippen LogP contribution in [0.25, 0.3) is 11.0 Å². The number of halogens is 1. The Balaban J connectivity index is 1.44. The van der Waals surface area contributed by atoms with Crippen LogP contribution < -0.4 is 10.1 Å². The van der Waals surface area contributed by atoms with Crippen LogP contribution >= 0.6 is 11.6 Å². The molecule has 36 heavy (non-hydrogen) atoms. The van der Waals surface area contributed by atoms with E-state index in [0.29, 0.717) is 24.2 Å². The topological polar surface area (TPSA) is 59.4 Å². The van der Waals surface area contributed by atoms with Crippen molar-refractivity contribution in [2.75, 3.05) is 6.54 Å². The SMILES string of the molecule is CCC(NC(=O)C(C)CCn1c(COc2ccc(Cl)cc2)nc2c(C)cccc21)N1CCCCC1C. The number of hydrogen-bond acceptors (Lipinski definition) is 4. The van der Waals surface area contributed by atoms with Gasteiger partial charge < -0.3 is 14.6 Å².